The summed E-state index contributed by atoms with van der Waals surface area (Å²) in [6.45, 7) is 6.17. The SMILES string of the molecule is C[C@H]1CNCCN1CC(=O)NCc1ccc2c(c1)OCO2.Cl. The lowest BCUT2D eigenvalue weighted by Crippen LogP contribution is -2.52. The first kappa shape index (κ1) is 16.9. The van der Waals surface area contributed by atoms with Gasteiger partial charge in [-0.05, 0) is 24.6 Å². The van der Waals surface area contributed by atoms with Gasteiger partial charge < -0.3 is 20.1 Å². The molecule has 22 heavy (non-hydrogen) atoms. The third-order valence-corrected chi connectivity index (χ3v) is 3.91. The van der Waals surface area contributed by atoms with Crippen LogP contribution in [0.15, 0.2) is 18.2 Å². The van der Waals surface area contributed by atoms with E-state index in [0.717, 1.165) is 36.7 Å². The molecule has 1 fully saturated rings. The quantitative estimate of drug-likeness (QED) is 0.854. The fourth-order valence-corrected chi connectivity index (χ4v) is 2.61. The van der Waals surface area contributed by atoms with E-state index in [1.54, 1.807) is 0 Å². The Balaban J connectivity index is 0.00000176. The van der Waals surface area contributed by atoms with E-state index in [2.05, 4.69) is 22.5 Å². The van der Waals surface area contributed by atoms with Gasteiger partial charge in [-0.1, -0.05) is 6.07 Å². The molecule has 0 unspecified atom stereocenters. The van der Waals surface area contributed by atoms with Crippen LogP contribution in [0.1, 0.15) is 12.5 Å². The maximum absolute atomic E-state index is 12.0. The molecule has 122 valence electrons. The van der Waals surface area contributed by atoms with Crippen LogP contribution in [0.2, 0.25) is 0 Å². The topological polar surface area (TPSA) is 62.8 Å². The molecule has 2 N–H and O–H groups in total. The summed E-state index contributed by atoms with van der Waals surface area (Å²) >= 11 is 0. The van der Waals surface area contributed by atoms with E-state index in [-0.39, 0.29) is 25.1 Å². The summed E-state index contributed by atoms with van der Waals surface area (Å²) < 4.78 is 10.6. The third-order valence-electron chi connectivity index (χ3n) is 3.91. The van der Waals surface area contributed by atoms with E-state index in [4.69, 9.17) is 9.47 Å². The number of fused-ring (bicyclic) bond motifs is 1. The van der Waals surface area contributed by atoms with Gasteiger partial charge in [-0.15, -0.1) is 12.4 Å². The second kappa shape index (κ2) is 7.67. The van der Waals surface area contributed by atoms with Gasteiger partial charge in [0.25, 0.3) is 0 Å². The summed E-state index contributed by atoms with van der Waals surface area (Å²) in [5, 5.41) is 6.28. The number of nitrogens with zero attached hydrogens (tertiary/aromatic N) is 1. The van der Waals surface area contributed by atoms with E-state index in [0.29, 0.717) is 19.1 Å². The Morgan fingerprint density at radius 3 is 3.05 bits per heavy atom. The Kier molecular flexibility index (Phi) is 5.88. The van der Waals surface area contributed by atoms with Crippen LogP contribution in [-0.2, 0) is 11.3 Å². The lowest BCUT2D eigenvalue weighted by Gasteiger charge is -2.33. The highest BCUT2D eigenvalue weighted by atomic mass is 35.5. The zero-order valence-electron chi connectivity index (χ0n) is 12.6. The Hall–Kier alpha value is -1.50. The average molecular weight is 328 g/mol. The van der Waals surface area contributed by atoms with Crippen molar-refractivity contribution in [3.05, 3.63) is 23.8 Å². The largest absolute Gasteiger partial charge is 0.454 e. The Morgan fingerprint density at radius 2 is 2.23 bits per heavy atom. The number of carbonyl (C=O) groups is 1. The summed E-state index contributed by atoms with van der Waals surface area (Å²) in [5.74, 6) is 1.57. The lowest BCUT2D eigenvalue weighted by molar-refractivity contribution is -0.123. The predicted octanol–water partition coefficient (Wildman–Crippen LogP) is 0.747. The molecule has 6 nitrogen and oxygen atoms in total. The molecular weight excluding hydrogens is 306 g/mol. The second-order valence-electron chi connectivity index (χ2n) is 5.49. The summed E-state index contributed by atoms with van der Waals surface area (Å²) in [7, 11) is 0. The highest BCUT2D eigenvalue weighted by Crippen LogP contribution is 2.32. The molecule has 2 aliphatic rings. The van der Waals surface area contributed by atoms with Crippen LogP contribution in [0.5, 0.6) is 11.5 Å². The minimum absolute atomic E-state index is 0. The number of rotatable bonds is 4. The van der Waals surface area contributed by atoms with E-state index in [9.17, 15) is 4.79 Å². The first-order valence-corrected chi connectivity index (χ1v) is 7.32. The Morgan fingerprint density at radius 1 is 1.41 bits per heavy atom. The van der Waals surface area contributed by atoms with Crippen molar-refractivity contribution in [2.75, 3.05) is 33.0 Å². The molecule has 0 radical (unpaired) electrons. The fourth-order valence-electron chi connectivity index (χ4n) is 2.61. The Labute approximate surface area is 136 Å². The zero-order valence-corrected chi connectivity index (χ0v) is 13.4. The first-order valence-electron chi connectivity index (χ1n) is 7.32. The van der Waals surface area contributed by atoms with Crippen molar-refractivity contribution in [2.45, 2.75) is 19.5 Å². The van der Waals surface area contributed by atoms with Crippen LogP contribution in [0.25, 0.3) is 0 Å². The molecule has 1 aromatic rings. The lowest BCUT2D eigenvalue weighted by atomic mass is 10.2. The van der Waals surface area contributed by atoms with Gasteiger partial charge in [-0.3, -0.25) is 9.69 Å². The number of ether oxygens (including phenoxy) is 2. The number of amides is 1. The molecule has 3 rings (SSSR count). The minimum atomic E-state index is 0. The number of halogens is 1. The molecule has 7 heteroatoms. The summed E-state index contributed by atoms with van der Waals surface area (Å²) in [6.07, 6.45) is 0. The third kappa shape index (κ3) is 4.03. The number of nitrogens with one attached hydrogen (secondary N) is 2. The van der Waals surface area contributed by atoms with Crippen molar-refractivity contribution in [1.82, 2.24) is 15.5 Å². The fraction of sp³-hybridized carbons (Fsp3) is 0.533. The highest BCUT2D eigenvalue weighted by Gasteiger charge is 2.20. The maximum Gasteiger partial charge on any atom is 0.234 e. The highest BCUT2D eigenvalue weighted by molar-refractivity contribution is 5.85. The maximum atomic E-state index is 12.0. The normalized spacial score (nSPS) is 20.3. The minimum Gasteiger partial charge on any atom is -0.454 e. The standard InChI is InChI=1S/C15H21N3O3.ClH/c1-11-7-16-4-5-18(11)9-15(19)17-8-12-2-3-13-14(6-12)21-10-20-13;/h2-3,6,11,16H,4-5,7-10H2,1H3,(H,17,19);1H/t11-;/m0./s1. The van der Waals surface area contributed by atoms with E-state index < -0.39 is 0 Å². The van der Waals surface area contributed by atoms with Gasteiger partial charge in [0, 0.05) is 32.2 Å². The van der Waals surface area contributed by atoms with Crippen LogP contribution < -0.4 is 20.1 Å². The van der Waals surface area contributed by atoms with Gasteiger partial charge in [0.2, 0.25) is 12.7 Å². The van der Waals surface area contributed by atoms with Crippen molar-refractivity contribution in [3.8, 4) is 11.5 Å². The Bertz CT molecular complexity index is 527. The van der Waals surface area contributed by atoms with Gasteiger partial charge in [0.15, 0.2) is 11.5 Å². The van der Waals surface area contributed by atoms with Gasteiger partial charge in [0.1, 0.15) is 0 Å². The van der Waals surface area contributed by atoms with Gasteiger partial charge in [-0.2, -0.15) is 0 Å². The van der Waals surface area contributed by atoms with E-state index >= 15 is 0 Å². The van der Waals surface area contributed by atoms with Gasteiger partial charge >= 0.3 is 0 Å². The van der Waals surface area contributed by atoms with Crippen LogP contribution in [-0.4, -0.2) is 49.8 Å². The number of carbonyl (C=O) groups excluding carboxylic acids is 1. The van der Waals surface area contributed by atoms with Gasteiger partial charge in [0.05, 0.1) is 6.54 Å². The summed E-state index contributed by atoms with van der Waals surface area (Å²) in [6, 6.07) is 6.13. The molecule has 1 aromatic carbocycles. The monoisotopic (exact) mass is 327 g/mol. The van der Waals surface area contributed by atoms with Crippen LogP contribution in [0.3, 0.4) is 0 Å². The zero-order chi connectivity index (χ0) is 14.7. The van der Waals surface area contributed by atoms with Crippen molar-refractivity contribution in [3.63, 3.8) is 0 Å². The number of hydrogen-bond donors (Lipinski definition) is 2. The first-order chi connectivity index (χ1) is 10.2. The van der Waals surface area contributed by atoms with Crippen molar-refractivity contribution < 1.29 is 14.3 Å². The molecule has 1 atom stereocenters. The molecule has 2 heterocycles. The van der Waals surface area contributed by atoms with Crippen LogP contribution >= 0.6 is 12.4 Å². The van der Waals surface area contributed by atoms with Crippen molar-refractivity contribution in [2.24, 2.45) is 0 Å². The molecule has 0 aliphatic carbocycles. The summed E-state index contributed by atoms with van der Waals surface area (Å²) in [5.41, 5.74) is 1.01. The van der Waals surface area contributed by atoms with E-state index in [1.165, 1.54) is 0 Å². The van der Waals surface area contributed by atoms with Crippen molar-refractivity contribution in [1.29, 1.82) is 0 Å². The molecule has 0 aromatic heterocycles. The molecular formula is C15H22ClN3O3. The van der Waals surface area contributed by atoms with Crippen LogP contribution in [0, 0.1) is 0 Å². The average Bonchev–Trinajstić information content (AvgIpc) is 2.95. The molecule has 2 aliphatic heterocycles. The second-order valence-corrected chi connectivity index (χ2v) is 5.49. The van der Waals surface area contributed by atoms with E-state index in [1.807, 2.05) is 18.2 Å². The number of hydrogen-bond acceptors (Lipinski definition) is 5. The summed E-state index contributed by atoms with van der Waals surface area (Å²) in [4.78, 5) is 14.2. The molecule has 1 amide bonds. The number of piperazine rings is 1. The van der Waals surface area contributed by atoms with Crippen LogP contribution in [0.4, 0.5) is 0 Å². The smallest absolute Gasteiger partial charge is 0.234 e. The molecule has 0 bridgehead atoms. The molecule has 0 spiro atoms. The number of benzene rings is 1. The van der Waals surface area contributed by atoms with Gasteiger partial charge in [-0.25, -0.2) is 0 Å². The molecule has 1 saturated heterocycles. The van der Waals surface area contributed by atoms with Crippen molar-refractivity contribution >= 4 is 18.3 Å². The predicted molar refractivity (Wildman–Crippen MR) is 85.6 cm³/mol. The molecule has 0 saturated carbocycles.